The van der Waals surface area contributed by atoms with E-state index >= 15 is 0 Å². The van der Waals surface area contributed by atoms with Gasteiger partial charge in [0.2, 0.25) is 0 Å². The monoisotopic (exact) mass is 341 g/mol. The van der Waals surface area contributed by atoms with Crippen LogP contribution in [0, 0.1) is 0 Å². The van der Waals surface area contributed by atoms with Crippen molar-refractivity contribution >= 4 is 0 Å². The Morgan fingerprint density at radius 2 is 0.667 bits per heavy atom. The summed E-state index contributed by atoms with van der Waals surface area (Å²) in [4.78, 5) is 0. The van der Waals surface area contributed by atoms with E-state index in [0.29, 0.717) is 0 Å². The molecule has 0 aromatic carbocycles. The summed E-state index contributed by atoms with van der Waals surface area (Å²) in [7, 11) is 0. The van der Waals surface area contributed by atoms with Gasteiger partial charge in [-0.15, -0.1) is 0 Å². The van der Waals surface area contributed by atoms with Gasteiger partial charge >= 0.3 is 0 Å². The third kappa shape index (κ3) is 21.9. The van der Waals surface area contributed by atoms with E-state index in [1.165, 1.54) is 122 Å². The van der Waals surface area contributed by atoms with Crippen LogP contribution in [0.3, 0.4) is 0 Å². The van der Waals surface area contributed by atoms with Crippen molar-refractivity contribution in [2.24, 2.45) is 0 Å². The molecule has 2 nitrogen and oxygen atoms in total. The Labute approximate surface area is 153 Å². The van der Waals surface area contributed by atoms with Crippen molar-refractivity contribution in [3.05, 3.63) is 0 Å². The molecule has 0 aliphatic rings. The van der Waals surface area contributed by atoms with E-state index in [9.17, 15) is 0 Å². The van der Waals surface area contributed by atoms with Crippen molar-refractivity contribution in [2.75, 3.05) is 6.54 Å². The number of nitrogens with one attached hydrogen (secondary N) is 1. The number of hydroxylamine groups is 1. The van der Waals surface area contributed by atoms with Crippen LogP contribution in [0.2, 0.25) is 0 Å². The largest absolute Gasteiger partial charge is 0.317 e. The molecule has 24 heavy (non-hydrogen) atoms. The van der Waals surface area contributed by atoms with E-state index in [1.54, 1.807) is 0 Å². The van der Waals surface area contributed by atoms with Crippen molar-refractivity contribution in [1.82, 2.24) is 5.48 Å². The van der Waals surface area contributed by atoms with Crippen LogP contribution in [-0.4, -0.2) is 11.8 Å². The summed E-state index contributed by atoms with van der Waals surface area (Å²) in [5, 5.41) is 8.47. The summed E-state index contributed by atoms with van der Waals surface area (Å²) in [6.45, 7) is 3.04. The zero-order chi connectivity index (χ0) is 17.6. The zero-order valence-corrected chi connectivity index (χ0v) is 16.8. The highest BCUT2D eigenvalue weighted by Gasteiger charge is 1.95. The van der Waals surface area contributed by atoms with Crippen molar-refractivity contribution in [3.8, 4) is 0 Å². The van der Waals surface area contributed by atoms with Crippen LogP contribution in [-0.2, 0) is 0 Å². The molecule has 0 amide bonds. The number of rotatable bonds is 21. The summed E-state index contributed by atoms with van der Waals surface area (Å²) in [5.74, 6) is 0. The van der Waals surface area contributed by atoms with Crippen molar-refractivity contribution in [2.45, 2.75) is 135 Å². The molecule has 0 aromatic heterocycles. The Morgan fingerprint density at radius 1 is 0.417 bits per heavy atom. The van der Waals surface area contributed by atoms with Crippen LogP contribution in [0.25, 0.3) is 0 Å². The molecule has 0 saturated carbocycles. The average molecular weight is 342 g/mol. The van der Waals surface area contributed by atoms with Crippen LogP contribution in [0.4, 0.5) is 0 Å². The molecular formula is C22H47NO. The fourth-order valence-electron chi connectivity index (χ4n) is 3.46. The fraction of sp³-hybridized carbons (Fsp3) is 1.00. The van der Waals surface area contributed by atoms with Crippen LogP contribution in [0.5, 0.6) is 0 Å². The van der Waals surface area contributed by atoms with E-state index in [4.69, 9.17) is 5.21 Å². The van der Waals surface area contributed by atoms with Crippen molar-refractivity contribution in [3.63, 3.8) is 0 Å². The van der Waals surface area contributed by atoms with Gasteiger partial charge in [0.05, 0.1) is 0 Å². The highest BCUT2D eigenvalue weighted by atomic mass is 16.5. The number of hydrogen-bond acceptors (Lipinski definition) is 2. The van der Waals surface area contributed by atoms with E-state index in [2.05, 4.69) is 12.4 Å². The maximum atomic E-state index is 8.47. The van der Waals surface area contributed by atoms with Crippen molar-refractivity contribution < 1.29 is 5.21 Å². The molecule has 2 heteroatoms. The molecule has 0 aliphatic carbocycles. The van der Waals surface area contributed by atoms with Gasteiger partial charge in [0, 0.05) is 6.54 Å². The molecule has 0 aliphatic heterocycles. The molecular weight excluding hydrogens is 294 g/mol. The van der Waals surface area contributed by atoms with Gasteiger partial charge in [-0.2, -0.15) is 0 Å². The second kappa shape index (κ2) is 22.9. The first-order chi connectivity index (χ1) is 11.9. The van der Waals surface area contributed by atoms with Gasteiger partial charge < -0.3 is 5.21 Å². The van der Waals surface area contributed by atoms with E-state index < -0.39 is 0 Å². The molecule has 0 bridgehead atoms. The quantitative estimate of drug-likeness (QED) is 0.165. The SMILES string of the molecule is CCCCCCCCCCCCCCCCCCCCCCNO. The molecule has 0 unspecified atom stereocenters. The smallest absolute Gasteiger partial charge is 0.0207 e. The Bertz CT molecular complexity index is 186. The molecule has 0 rings (SSSR count). The lowest BCUT2D eigenvalue weighted by Gasteiger charge is -2.04. The van der Waals surface area contributed by atoms with Gasteiger partial charge in [-0.1, -0.05) is 129 Å². The normalized spacial score (nSPS) is 11.2. The highest BCUT2D eigenvalue weighted by molar-refractivity contribution is 4.51. The number of hydrogen-bond donors (Lipinski definition) is 2. The van der Waals surface area contributed by atoms with Gasteiger partial charge in [-0.05, 0) is 6.42 Å². The average Bonchev–Trinajstić information content (AvgIpc) is 2.60. The molecule has 0 fully saturated rings. The predicted octanol–water partition coefficient (Wildman–Crippen LogP) is 7.79. The minimum absolute atomic E-state index is 0.749. The zero-order valence-electron chi connectivity index (χ0n) is 16.8. The topological polar surface area (TPSA) is 32.3 Å². The highest BCUT2D eigenvalue weighted by Crippen LogP contribution is 2.14. The van der Waals surface area contributed by atoms with Gasteiger partial charge in [0.15, 0.2) is 0 Å². The summed E-state index contributed by atoms with van der Waals surface area (Å²) in [5.41, 5.74) is 2.23. The van der Waals surface area contributed by atoms with E-state index in [0.717, 1.165) is 13.0 Å². The van der Waals surface area contributed by atoms with E-state index in [-0.39, 0.29) is 0 Å². The van der Waals surface area contributed by atoms with E-state index in [1.807, 2.05) is 0 Å². The van der Waals surface area contributed by atoms with Gasteiger partial charge in [0.25, 0.3) is 0 Å². The maximum absolute atomic E-state index is 8.47. The Hall–Kier alpha value is -0.0800. The Kier molecular flexibility index (Phi) is 22.8. The first-order valence-corrected chi connectivity index (χ1v) is 11.3. The lowest BCUT2D eigenvalue weighted by molar-refractivity contribution is 0.164. The molecule has 0 aromatic rings. The Balaban J connectivity index is 2.93. The van der Waals surface area contributed by atoms with Gasteiger partial charge in [-0.3, -0.25) is 0 Å². The molecule has 0 radical (unpaired) electrons. The predicted molar refractivity (Wildman–Crippen MR) is 108 cm³/mol. The third-order valence-corrected chi connectivity index (χ3v) is 5.14. The number of unbranched alkanes of at least 4 members (excludes halogenated alkanes) is 19. The maximum Gasteiger partial charge on any atom is 0.0207 e. The van der Waals surface area contributed by atoms with Crippen LogP contribution < -0.4 is 5.48 Å². The van der Waals surface area contributed by atoms with Gasteiger partial charge in [-0.25, -0.2) is 5.48 Å². The first kappa shape index (κ1) is 23.9. The van der Waals surface area contributed by atoms with Crippen LogP contribution in [0.15, 0.2) is 0 Å². The fourth-order valence-corrected chi connectivity index (χ4v) is 3.46. The molecule has 0 spiro atoms. The summed E-state index contributed by atoms with van der Waals surface area (Å²) < 4.78 is 0. The Morgan fingerprint density at radius 3 is 0.917 bits per heavy atom. The second-order valence-electron chi connectivity index (χ2n) is 7.63. The van der Waals surface area contributed by atoms with Crippen LogP contribution >= 0.6 is 0 Å². The molecule has 2 N–H and O–H groups in total. The minimum Gasteiger partial charge on any atom is -0.317 e. The third-order valence-electron chi connectivity index (χ3n) is 5.14. The summed E-state index contributed by atoms with van der Waals surface area (Å²) in [6, 6.07) is 0. The second-order valence-corrected chi connectivity index (χ2v) is 7.63. The first-order valence-electron chi connectivity index (χ1n) is 11.3. The minimum atomic E-state index is 0.749. The molecule has 0 saturated heterocycles. The molecule has 0 heterocycles. The van der Waals surface area contributed by atoms with Gasteiger partial charge in [0.1, 0.15) is 0 Å². The molecule has 146 valence electrons. The standard InChI is InChI=1S/C22H47NO/c1-2-3-4-5-6-7-8-9-10-11-12-13-14-15-16-17-18-19-20-21-22-23-24/h23-24H,2-22H2,1H3. The lowest BCUT2D eigenvalue weighted by atomic mass is 10.0. The lowest BCUT2D eigenvalue weighted by Crippen LogP contribution is -2.07. The summed E-state index contributed by atoms with van der Waals surface area (Å²) >= 11 is 0. The van der Waals surface area contributed by atoms with Crippen LogP contribution in [0.1, 0.15) is 135 Å². The molecule has 0 atom stereocenters. The summed E-state index contributed by atoms with van der Waals surface area (Å²) in [6.07, 6.45) is 28.3. The van der Waals surface area contributed by atoms with Crippen molar-refractivity contribution in [1.29, 1.82) is 0 Å².